The molecule has 1 amide bonds. The first-order chi connectivity index (χ1) is 11.6. The van der Waals surface area contributed by atoms with Crippen LogP contribution in [0.15, 0.2) is 4.52 Å². The summed E-state index contributed by atoms with van der Waals surface area (Å²) in [6, 6.07) is 0. The summed E-state index contributed by atoms with van der Waals surface area (Å²) in [7, 11) is 1.65. The number of halogens is 1. The van der Waals surface area contributed by atoms with Crippen molar-refractivity contribution in [3.63, 3.8) is 0 Å². The molecule has 0 aliphatic carbocycles. The largest absolute Gasteiger partial charge is 0.381 e. The molecule has 1 aromatic rings. The van der Waals surface area contributed by atoms with Gasteiger partial charge in [0, 0.05) is 52.2 Å². The Bertz CT molecular complexity index is 563. The van der Waals surface area contributed by atoms with E-state index >= 15 is 0 Å². The highest BCUT2D eigenvalue weighted by Gasteiger charge is 2.43. The molecule has 0 bridgehead atoms. The Morgan fingerprint density at radius 1 is 1.38 bits per heavy atom. The summed E-state index contributed by atoms with van der Waals surface area (Å²) < 4.78 is 16.7. The van der Waals surface area contributed by atoms with Crippen LogP contribution in [0.1, 0.15) is 50.2 Å². The van der Waals surface area contributed by atoms with E-state index in [2.05, 4.69) is 10.1 Å². The lowest BCUT2D eigenvalue weighted by Crippen LogP contribution is -2.48. The van der Waals surface area contributed by atoms with Crippen LogP contribution in [0.25, 0.3) is 0 Å². The minimum atomic E-state index is -0.622. The molecule has 2 aliphatic rings. The molecule has 1 atom stereocenters. The molecule has 1 aromatic heterocycles. The Morgan fingerprint density at radius 3 is 2.62 bits per heavy atom. The molecule has 134 valence electrons. The van der Waals surface area contributed by atoms with Crippen LogP contribution >= 0.6 is 11.6 Å². The maximum atomic E-state index is 12.0. The van der Waals surface area contributed by atoms with E-state index in [0.717, 1.165) is 31.9 Å². The van der Waals surface area contributed by atoms with Crippen molar-refractivity contribution < 1.29 is 18.8 Å². The van der Waals surface area contributed by atoms with E-state index in [1.54, 1.807) is 18.9 Å². The van der Waals surface area contributed by atoms with Gasteiger partial charge in [-0.05, 0) is 19.8 Å². The number of likely N-dealkylation sites (tertiary alicyclic amines) is 1. The van der Waals surface area contributed by atoms with E-state index in [4.69, 9.17) is 25.6 Å². The number of alkyl halides is 1. The number of carbonyl (C=O) groups is 1. The number of methoxy groups -OCH3 is 1. The molecule has 24 heavy (non-hydrogen) atoms. The van der Waals surface area contributed by atoms with Crippen LogP contribution in [0, 0.1) is 0 Å². The van der Waals surface area contributed by atoms with Crippen molar-refractivity contribution >= 4 is 17.5 Å². The van der Waals surface area contributed by atoms with Gasteiger partial charge in [0.2, 0.25) is 5.91 Å². The second-order valence-corrected chi connectivity index (χ2v) is 7.14. The number of rotatable bonds is 4. The molecule has 0 radical (unpaired) electrons. The van der Waals surface area contributed by atoms with Crippen LogP contribution in [0.5, 0.6) is 0 Å². The quantitative estimate of drug-likeness (QED) is 0.767. The first-order valence-corrected chi connectivity index (χ1v) is 8.89. The van der Waals surface area contributed by atoms with E-state index in [1.807, 2.05) is 0 Å². The minimum Gasteiger partial charge on any atom is -0.381 e. The summed E-state index contributed by atoms with van der Waals surface area (Å²) in [6.45, 7) is 4.30. The molecular formula is C16H24ClN3O4. The monoisotopic (exact) mass is 357 g/mol. The van der Waals surface area contributed by atoms with E-state index in [-0.39, 0.29) is 11.8 Å². The number of carbonyl (C=O) groups excluding carboxylic acids is 1. The van der Waals surface area contributed by atoms with Gasteiger partial charge in [-0.15, -0.1) is 11.6 Å². The van der Waals surface area contributed by atoms with Crippen LogP contribution < -0.4 is 0 Å². The molecule has 0 spiro atoms. The lowest BCUT2D eigenvalue weighted by Gasteiger charge is -2.38. The molecule has 3 heterocycles. The topological polar surface area (TPSA) is 77.7 Å². The molecule has 2 fully saturated rings. The summed E-state index contributed by atoms with van der Waals surface area (Å²) in [5.41, 5.74) is -0.622. The Balaban J connectivity index is 1.70. The fraction of sp³-hybridized carbons (Fsp3) is 0.812. The number of hydrogen-bond acceptors (Lipinski definition) is 6. The highest BCUT2D eigenvalue weighted by molar-refractivity contribution is 6.30. The third-order valence-corrected chi connectivity index (χ3v) is 5.22. The maximum absolute atomic E-state index is 12.0. The zero-order chi connectivity index (χ0) is 17.2. The Labute approximate surface area is 146 Å². The third-order valence-electron chi connectivity index (χ3n) is 5.03. The van der Waals surface area contributed by atoms with Crippen LogP contribution in [-0.4, -0.2) is 59.7 Å². The summed E-state index contributed by atoms with van der Waals surface area (Å²) in [6.07, 6.45) is 3.06. The lowest BCUT2D eigenvalue weighted by molar-refractivity contribution is -0.138. The molecule has 0 aromatic carbocycles. The SMILES string of the molecule is COC1(c2nc(C3CCOCC3)no2)CCN(C(=O)C(C)Cl)CC1. The van der Waals surface area contributed by atoms with Crippen molar-refractivity contribution in [1.29, 1.82) is 0 Å². The van der Waals surface area contributed by atoms with Crippen molar-refractivity contribution in [2.45, 2.75) is 49.5 Å². The molecule has 7 nitrogen and oxygen atoms in total. The zero-order valence-electron chi connectivity index (χ0n) is 14.2. The van der Waals surface area contributed by atoms with Crippen molar-refractivity contribution in [2.75, 3.05) is 33.4 Å². The smallest absolute Gasteiger partial charge is 0.259 e. The maximum Gasteiger partial charge on any atom is 0.259 e. The number of nitrogens with zero attached hydrogens (tertiary/aromatic N) is 3. The molecule has 0 N–H and O–H groups in total. The van der Waals surface area contributed by atoms with Gasteiger partial charge in [0.1, 0.15) is 11.0 Å². The number of amides is 1. The molecule has 8 heteroatoms. The van der Waals surface area contributed by atoms with Crippen molar-refractivity contribution in [3.05, 3.63) is 11.7 Å². The van der Waals surface area contributed by atoms with E-state index in [1.165, 1.54) is 0 Å². The Kier molecular flexibility index (Phi) is 5.42. The molecule has 3 rings (SSSR count). The number of piperidine rings is 1. The van der Waals surface area contributed by atoms with Gasteiger partial charge in [-0.1, -0.05) is 5.16 Å². The van der Waals surface area contributed by atoms with Gasteiger partial charge >= 0.3 is 0 Å². The molecule has 2 saturated heterocycles. The van der Waals surface area contributed by atoms with E-state index in [9.17, 15) is 4.79 Å². The van der Waals surface area contributed by atoms with Gasteiger partial charge < -0.3 is 18.9 Å². The summed E-state index contributed by atoms with van der Waals surface area (Å²) in [5, 5.41) is 3.66. The second kappa shape index (κ2) is 7.37. The first-order valence-electron chi connectivity index (χ1n) is 8.45. The van der Waals surface area contributed by atoms with Crippen molar-refractivity contribution in [1.82, 2.24) is 15.0 Å². The van der Waals surface area contributed by atoms with Gasteiger partial charge in [-0.2, -0.15) is 4.98 Å². The fourth-order valence-corrected chi connectivity index (χ4v) is 3.52. The van der Waals surface area contributed by atoms with Crippen LogP contribution in [-0.2, 0) is 19.9 Å². The van der Waals surface area contributed by atoms with Gasteiger partial charge in [-0.3, -0.25) is 4.79 Å². The highest BCUT2D eigenvalue weighted by atomic mass is 35.5. The normalized spacial score (nSPS) is 23.2. The predicted octanol–water partition coefficient (Wildman–Crippen LogP) is 2.05. The number of hydrogen-bond donors (Lipinski definition) is 0. The fourth-order valence-electron chi connectivity index (χ4n) is 3.39. The Morgan fingerprint density at radius 2 is 2.04 bits per heavy atom. The summed E-state index contributed by atoms with van der Waals surface area (Å²) >= 11 is 5.90. The predicted molar refractivity (Wildman–Crippen MR) is 86.9 cm³/mol. The van der Waals surface area contributed by atoms with Gasteiger partial charge in [0.25, 0.3) is 5.89 Å². The second-order valence-electron chi connectivity index (χ2n) is 6.48. The summed E-state index contributed by atoms with van der Waals surface area (Å²) in [4.78, 5) is 18.4. The average molecular weight is 358 g/mol. The van der Waals surface area contributed by atoms with Gasteiger partial charge in [-0.25, -0.2) is 0 Å². The summed E-state index contributed by atoms with van der Waals surface area (Å²) in [5.74, 6) is 1.48. The van der Waals surface area contributed by atoms with Crippen LogP contribution in [0.4, 0.5) is 0 Å². The van der Waals surface area contributed by atoms with Crippen LogP contribution in [0.3, 0.4) is 0 Å². The zero-order valence-corrected chi connectivity index (χ0v) is 14.9. The average Bonchev–Trinajstić information content (AvgIpc) is 3.12. The van der Waals surface area contributed by atoms with E-state index < -0.39 is 11.0 Å². The number of aromatic nitrogens is 2. The number of ether oxygens (including phenoxy) is 2. The highest BCUT2D eigenvalue weighted by Crippen LogP contribution is 2.36. The standard InChI is InChI=1S/C16H24ClN3O4/c1-11(17)14(21)20-7-5-16(22-2,6-8-20)15-18-13(19-24-15)12-3-9-23-10-4-12/h11-12H,3-10H2,1-2H3. The van der Waals surface area contributed by atoms with Gasteiger partial charge in [0.05, 0.1) is 0 Å². The van der Waals surface area contributed by atoms with E-state index in [0.29, 0.717) is 31.8 Å². The van der Waals surface area contributed by atoms with Crippen LogP contribution in [0.2, 0.25) is 0 Å². The molecular weight excluding hydrogens is 334 g/mol. The molecule has 0 saturated carbocycles. The third kappa shape index (κ3) is 3.43. The first kappa shape index (κ1) is 17.6. The minimum absolute atomic E-state index is 0.0465. The molecule has 2 aliphatic heterocycles. The lowest BCUT2D eigenvalue weighted by atomic mass is 9.90. The van der Waals surface area contributed by atoms with Crippen molar-refractivity contribution in [3.8, 4) is 0 Å². The van der Waals surface area contributed by atoms with Gasteiger partial charge in [0.15, 0.2) is 5.82 Å². The Hall–Kier alpha value is -1.18. The molecule has 1 unspecified atom stereocenters. The van der Waals surface area contributed by atoms with Crippen molar-refractivity contribution in [2.24, 2.45) is 0 Å².